The fraction of sp³-hybridized carbons (Fsp3) is 0.150. The van der Waals surface area contributed by atoms with Gasteiger partial charge >= 0.3 is 72.4 Å². The average molecular weight is 548 g/mol. The molecular weight excluding hydrogens is 529 g/mol. The Labute approximate surface area is 239 Å². The number of halogens is 3. The second kappa shape index (κ2) is 12.8. The topological polar surface area (TPSA) is 70.4 Å². The van der Waals surface area contributed by atoms with E-state index < -0.39 is 18.8 Å². The summed E-state index contributed by atoms with van der Waals surface area (Å²) in [6, 6.07) is 16.0. The van der Waals surface area contributed by atoms with Gasteiger partial charge in [0.15, 0.2) is 0 Å². The number of nitrogens with zero attached hydrogens (tertiary/aromatic N) is 1. The van der Waals surface area contributed by atoms with E-state index in [-0.39, 0.29) is 66.4 Å². The summed E-state index contributed by atoms with van der Waals surface area (Å²) >= 11 is 4.62. The van der Waals surface area contributed by atoms with Crippen molar-refractivity contribution in [1.82, 2.24) is 4.98 Å². The van der Waals surface area contributed by atoms with Gasteiger partial charge in [0.25, 0.3) is 0 Å². The molecule has 2 aromatic carbocycles. The molecule has 0 bridgehead atoms. The first-order chi connectivity index (χ1) is 13.7. The normalized spacial score (nSPS) is 11.4. The van der Waals surface area contributed by atoms with Gasteiger partial charge in [0.05, 0.1) is 0 Å². The largest absolute Gasteiger partial charge is 1.00 e. The molecule has 0 amide bonds. The van der Waals surface area contributed by atoms with Crippen LogP contribution in [0.2, 0.25) is 0 Å². The smallest absolute Gasteiger partial charge is 1.00 e. The van der Waals surface area contributed by atoms with Gasteiger partial charge in [0, 0.05) is 33.9 Å². The van der Waals surface area contributed by atoms with Crippen LogP contribution in [0, 0.1) is 0 Å². The van der Waals surface area contributed by atoms with Crippen LogP contribution in [0.15, 0.2) is 71.5 Å². The molecule has 156 valence electrons. The minimum absolute atomic E-state index is 0. The molecule has 3 rings (SSSR count). The second-order valence-corrected chi connectivity index (χ2v) is 9.82. The van der Waals surface area contributed by atoms with Crippen LogP contribution in [0.5, 0.6) is 0 Å². The quantitative estimate of drug-likeness (QED) is 0.331. The van der Waals surface area contributed by atoms with Gasteiger partial charge in [-0.15, -0.1) is 0 Å². The van der Waals surface area contributed by atoms with Crippen molar-refractivity contribution in [3.05, 3.63) is 88.2 Å². The maximum Gasteiger partial charge on any atom is 1.00 e. The fourth-order valence-corrected chi connectivity index (χ4v) is 4.95. The van der Waals surface area contributed by atoms with Crippen molar-refractivity contribution >= 4 is 35.3 Å². The van der Waals surface area contributed by atoms with E-state index in [9.17, 15) is 13.3 Å². The van der Waals surface area contributed by atoms with Gasteiger partial charge < -0.3 is 12.6 Å². The minimum Gasteiger partial charge on any atom is -1.00 e. The third kappa shape index (κ3) is 7.72. The van der Waals surface area contributed by atoms with E-state index in [1.807, 2.05) is 36.4 Å². The van der Waals surface area contributed by atoms with E-state index >= 15 is 0 Å². The van der Waals surface area contributed by atoms with E-state index in [0.29, 0.717) is 5.75 Å². The predicted molar refractivity (Wildman–Crippen MR) is 117 cm³/mol. The van der Waals surface area contributed by atoms with Crippen molar-refractivity contribution < 1.29 is 85.1 Å². The van der Waals surface area contributed by atoms with Gasteiger partial charge in [-0.25, -0.2) is 0 Å². The third-order valence-corrected chi connectivity index (χ3v) is 6.91. The van der Waals surface area contributed by atoms with Crippen molar-refractivity contribution in [1.29, 1.82) is 0 Å². The van der Waals surface area contributed by atoms with Crippen LogP contribution in [0.4, 0.5) is 8.78 Å². The molecule has 0 aliphatic rings. The first-order valence-electron chi connectivity index (χ1n) is 8.48. The Morgan fingerprint density at radius 2 is 1.61 bits per heavy atom. The van der Waals surface area contributed by atoms with E-state index in [1.54, 1.807) is 24.2 Å². The Morgan fingerprint density at radius 3 is 2.16 bits per heavy atom. The van der Waals surface area contributed by atoms with Crippen LogP contribution < -0.4 is 59.1 Å². The van der Waals surface area contributed by atoms with Crippen molar-refractivity contribution in [2.75, 3.05) is 0 Å². The van der Waals surface area contributed by atoms with Crippen LogP contribution in [-0.2, 0) is 21.7 Å². The summed E-state index contributed by atoms with van der Waals surface area (Å²) < 4.78 is 38.8. The first-order valence-corrected chi connectivity index (χ1v) is 12.0. The molecule has 0 atom stereocenters. The van der Waals surface area contributed by atoms with Gasteiger partial charge in [0.2, 0.25) is 0 Å². The molecule has 4 nitrogen and oxygen atoms in total. The molecule has 3 aromatic rings. The zero-order chi connectivity index (χ0) is 21.1. The number of alkyl halides is 2. The number of hydrogen-bond acceptors (Lipinski definition) is 3. The van der Waals surface area contributed by atoms with Crippen LogP contribution in [0.3, 0.4) is 0 Å². The van der Waals surface area contributed by atoms with Gasteiger partial charge in [0.1, 0.15) is 0 Å². The SMILES string of the molecule is O=P(O)(O)C(F)(F)c1ccc(CSCc2ccc(-c3cccnc3)cc2)cc1Br.[H-].[H-].[Na+].[Na+]. The summed E-state index contributed by atoms with van der Waals surface area (Å²) in [4.78, 5) is 21.9. The van der Waals surface area contributed by atoms with Crippen LogP contribution >= 0.6 is 35.3 Å². The number of thioether (sulfide) groups is 1. The third-order valence-electron chi connectivity index (χ3n) is 4.21. The number of hydrogen-bond donors (Lipinski definition) is 2. The molecule has 0 aliphatic carbocycles. The molecule has 0 spiro atoms. The Bertz CT molecular complexity index is 1050. The maximum atomic E-state index is 13.9. The molecule has 11 heteroatoms. The summed E-state index contributed by atoms with van der Waals surface area (Å²) in [5.41, 5.74) is -0.912. The summed E-state index contributed by atoms with van der Waals surface area (Å²) in [5, 5.41) is 0. The van der Waals surface area contributed by atoms with Gasteiger partial charge in [-0.1, -0.05) is 58.4 Å². The zero-order valence-corrected chi connectivity index (χ0v) is 24.3. The average Bonchev–Trinajstić information content (AvgIpc) is 2.68. The monoisotopic (exact) mass is 547 g/mol. The fourth-order valence-electron chi connectivity index (χ4n) is 2.66. The van der Waals surface area contributed by atoms with Crippen molar-refractivity contribution in [2.24, 2.45) is 0 Å². The van der Waals surface area contributed by atoms with Crippen LogP contribution in [0.25, 0.3) is 11.1 Å². The molecule has 1 heterocycles. The number of rotatable bonds is 7. The Balaban J connectivity index is 0. The van der Waals surface area contributed by atoms with E-state index in [1.165, 1.54) is 12.1 Å². The summed E-state index contributed by atoms with van der Waals surface area (Å²) in [6.45, 7) is 0. The zero-order valence-electron chi connectivity index (χ0n) is 19.0. The van der Waals surface area contributed by atoms with Crippen LogP contribution in [0.1, 0.15) is 19.5 Å². The molecule has 0 radical (unpaired) electrons. The number of aromatic nitrogens is 1. The van der Waals surface area contributed by atoms with Crippen LogP contribution in [-0.4, -0.2) is 14.8 Å². The number of benzene rings is 2. The Kier molecular flexibility index (Phi) is 12.1. The molecule has 1 aromatic heterocycles. The Hall–Kier alpha value is 0.430. The standard InChI is InChI=1S/C20H17BrF2NO3PS.2Na.2H/c21-19-10-15(5-8-18(19)20(22,23)28(25,26)27)13-29-12-14-3-6-16(7-4-14)17-2-1-9-24-11-17;;;;/h1-11H,12-13H2,(H2,25,26,27);;;;/q;2*+1;2*-1. The van der Waals surface area contributed by atoms with Crippen molar-refractivity contribution in [3.8, 4) is 11.1 Å². The van der Waals surface area contributed by atoms with Crippen molar-refractivity contribution in [2.45, 2.75) is 17.2 Å². The molecule has 0 fully saturated rings. The predicted octanol–water partition coefficient (Wildman–Crippen LogP) is 0.405. The maximum absolute atomic E-state index is 13.9. The molecule has 0 aliphatic heterocycles. The van der Waals surface area contributed by atoms with Gasteiger partial charge in [-0.3, -0.25) is 9.55 Å². The minimum atomic E-state index is -5.59. The Morgan fingerprint density at radius 1 is 1.00 bits per heavy atom. The van der Waals surface area contributed by atoms with E-state index in [2.05, 4.69) is 20.9 Å². The van der Waals surface area contributed by atoms with Gasteiger partial charge in [-0.05, 0) is 34.4 Å². The molecule has 0 saturated heterocycles. The first kappa shape index (κ1) is 29.5. The molecular formula is C20H19BrF2NNa2O3PS. The molecule has 2 N–H and O–H groups in total. The summed E-state index contributed by atoms with van der Waals surface area (Å²) in [5.74, 6) is 1.32. The van der Waals surface area contributed by atoms with Gasteiger partial charge in [-0.2, -0.15) is 20.5 Å². The molecule has 0 unspecified atom stereocenters. The van der Waals surface area contributed by atoms with Crippen molar-refractivity contribution in [3.63, 3.8) is 0 Å². The summed E-state index contributed by atoms with van der Waals surface area (Å²) in [7, 11) is -5.59. The second-order valence-electron chi connectivity index (χ2n) is 6.33. The molecule has 0 saturated carbocycles. The van der Waals surface area contributed by atoms with E-state index in [0.717, 1.165) is 34.1 Å². The summed E-state index contributed by atoms with van der Waals surface area (Å²) in [6.07, 6.45) is 3.54. The number of pyridine rings is 1. The molecule has 31 heavy (non-hydrogen) atoms. The van der Waals surface area contributed by atoms with E-state index in [4.69, 9.17) is 9.79 Å².